The van der Waals surface area contributed by atoms with E-state index in [4.69, 9.17) is 4.74 Å². The number of halogens is 3. The Morgan fingerprint density at radius 1 is 1.00 bits per heavy atom. The molecule has 14 heteroatoms. The molecular formula is C24H14F3N7O4. The van der Waals surface area contributed by atoms with Crippen LogP contribution in [-0.2, 0) is 6.18 Å². The lowest BCUT2D eigenvalue weighted by molar-refractivity contribution is -0.384. The third-order valence-corrected chi connectivity index (χ3v) is 5.11. The van der Waals surface area contributed by atoms with Gasteiger partial charge in [-0.15, -0.1) is 5.10 Å². The summed E-state index contributed by atoms with van der Waals surface area (Å²) in [4.78, 5) is 35.5. The molecule has 0 unspecified atom stereocenters. The minimum absolute atomic E-state index is 0.0130. The number of nitro groups is 1. The number of benzene rings is 2. The van der Waals surface area contributed by atoms with Gasteiger partial charge in [0, 0.05) is 23.9 Å². The third-order valence-electron chi connectivity index (χ3n) is 5.11. The first-order valence-electron chi connectivity index (χ1n) is 10.8. The highest BCUT2D eigenvalue weighted by molar-refractivity contribution is 6.02. The van der Waals surface area contributed by atoms with Gasteiger partial charge in [-0.25, -0.2) is 4.98 Å². The molecule has 0 atom stereocenters. The van der Waals surface area contributed by atoms with Crippen LogP contribution in [0.25, 0.3) is 17.0 Å². The summed E-state index contributed by atoms with van der Waals surface area (Å²) in [5, 5.41) is 17.4. The van der Waals surface area contributed by atoms with E-state index >= 15 is 0 Å². The summed E-state index contributed by atoms with van der Waals surface area (Å²) in [6.07, 6.45) is -1.94. The standard InChI is InChI=1S/C24H14F3N7O4/c25-24(26,27)20-12-19(14-5-2-1-3-6-14)30-23-31-21(32-33(20)23)22(35)29-15-9-16(34(36)37)11-18(10-15)38-17-7-4-8-28-13-17/h1-13H,(H,29,35). The first-order valence-corrected chi connectivity index (χ1v) is 10.8. The molecule has 190 valence electrons. The Morgan fingerprint density at radius 2 is 1.79 bits per heavy atom. The number of carbonyl (C=O) groups excluding carboxylic acids is 1. The maximum atomic E-state index is 13.8. The van der Waals surface area contributed by atoms with E-state index in [0.717, 1.165) is 18.2 Å². The van der Waals surface area contributed by atoms with E-state index in [1.54, 1.807) is 42.5 Å². The number of fused-ring (bicyclic) bond motifs is 1. The van der Waals surface area contributed by atoms with Gasteiger partial charge < -0.3 is 10.1 Å². The summed E-state index contributed by atoms with van der Waals surface area (Å²) in [5.41, 5.74) is -1.27. The highest BCUT2D eigenvalue weighted by Gasteiger charge is 2.36. The Bertz CT molecular complexity index is 1660. The van der Waals surface area contributed by atoms with Gasteiger partial charge in [0.05, 0.1) is 28.6 Å². The first kappa shape index (κ1) is 24.3. The molecule has 1 N–H and O–H groups in total. The van der Waals surface area contributed by atoms with Crippen LogP contribution in [0, 0.1) is 10.1 Å². The number of hydrogen-bond donors (Lipinski definition) is 1. The molecule has 5 aromatic rings. The van der Waals surface area contributed by atoms with E-state index in [0.29, 0.717) is 10.1 Å². The molecule has 0 aliphatic heterocycles. The van der Waals surface area contributed by atoms with Gasteiger partial charge in [-0.1, -0.05) is 30.3 Å². The second-order valence-corrected chi connectivity index (χ2v) is 7.76. The molecular weight excluding hydrogens is 507 g/mol. The number of nitro benzene ring substituents is 1. The highest BCUT2D eigenvalue weighted by atomic mass is 19.4. The van der Waals surface area contributed by atoms with Crippen molar-refractivity contribution < 1.29 is 27.6 Å². The summed E-state index contributed by atoms with van der Waals surface area (Å²) < 4.78 is 47.4. The van der Waals surface area contributed by atoms with Crippen molar-refractivity contribution in [1.82, 2.24) is 24.6 Å². The smallest absolute Gasteiger partial charge is 0.433 e. The lowest BCUT2D eigenvalue weighted by Gasteiger charge is -2.10. The Morgan fingerprint density at radius 3 is 2.47 bits per heavy atom. The molecule has 0 spiro atoms. The van der Waals surface area contributed by atoms with Crippen molar-refractivity contribution in [2.24, 2.45) is 0 Å². The van der Waals surface area contributed by atoms with E-state index in [-0.39, 0.29) is 22.9 Å². The molecule has 0 aliphatic carbocycles. The van der Waals surface area contributed by atoms with Gasteiger partial charge in [0.15, 0.2) is 5.69 Å². The number of amides is 1. The highest BCUT2D eigenvalue weighted by Crippen LogP contribution is 2.32. The number of nitrogens with one attached hydrogen (secondary N) is 1. The molecule has 3 aromatic heterocycles. The van der Waals surface area contributed by atoms with Crippen LogP contribution in [-0.4, -0.2) is 35.4 Å². The monoisotopic (exact) mass is 521 g/mol. The Hall–Kier alpha value is -5.40. The second-order valence-electron chi connectivity index (χ2n) is 7.76. The Kier molecular flexibility index (Phi) is 6.12. The SMILES string of the molecule is O=C(Nc1cc(Oc2cccnc2)cc([N+](=O)[O-])c1)c1nc2nc(-c3ccccc3)cc(C(F)(F)F)n2n1. The molecule has 0 saturated carbocycles. The average molecular weight is 521 g/mol. The fourth-order valence-electron chi connectivity index (χ4n) is 3.47. The summed E-state index contributed by atoms with van der Waals surface area (Å²) in [7, 11) is 0. The van der Waals surface area contributed by atoms with E-state index in [1.807, 2.05) is 0 Å². The van der Waals surface area contributed by atoms with Crippen molar-refractivity contribution in [2.45, 2.75) is 6.18 Å². The van der Waals surface area contributed by atoms with E-state index < -0.39 is 40.0 Å². The number of non-ortho nitro benzene ring substituents is 1. The zero-order valence-corrected chi connectivity index (χ0v) is 19.0. The number of carbonyl (C=O) groups is 1. The van der Waals surface area contributed by atoms with Crippen molar-refractivity contribution in [2.75, 3.05) is 5.32 Å². The van der Waals surface area contributed by atoms with Crippen molar-refractivity contribution in [3.05, 3.63) is 101 Å². The largest absolute Gasteiger partial charge is 0.455 e. The van der Waals surface area contributed by atoms with Crippen LogP contribution in [0.2, 0.25) is 0 Å². The molecule has 0 aliphatic rings. The van der Waals surface area contributed by atoms with Gasteiger partial charge in [-0.3, -0.25) is 19.9 Å². The molecule has 11 nitrogen and oxygen atoms in total. The maximum absolute atomic E-state index is 13.8. The maximum Gasteiger partial charge on any atom is 0.433 e. The molecule has 0 bridgehead atoms. The van der Waals surface area contributed by atoms with Crippen molar-refractivity contribution >= 4 is 23.1 Å². The van der Waals surface area contributed by atoms with E-state index in [9.17, 15) is 28.1 Å². The quantitative estimate of drug-likeness (QED) is 0.239. The van der Waals surface area contributed by atoms with Crippen LogP contribution in [0.4, 0.5) is 24.5 Å². The van der Waals surface area contributed by atoms with Crippen LogP contribution >= 0.6 is 0 Å². The van der Waals surface area contributed by atoms with E-state index in [2.05, 4.69) is 25.4 Å². The Labute approximate surface area is 210 Å². The van der Waals surface area contributed by atoms with Gasteiger partial charge in [0.2, 0.25) is 5.82 Å². The minimum atomic E-state index is -4.83. The predicted molar refractivity (Wildman–Crippen MR) is 127 cm³/mol. The van der Waals surface area contributed by atoms with Crippen LogP contribution in [0.15, 0.2) is 79.1 Å². The third kappa shape index (κ3) is 5.09. The fourth-order valence-corrected chi connectivity index (χ4v) is 3.47. The molecule has 5 rings (SSSR count). The molecule has 1 amide bonds. The number of ether oxygens (including phenoxy) is 1. The number of alkyl halides is 3. The normalized spacial score (nSPS) is 11.3. The first-order chi connectivity index (χ1) is 18.2. The van der Waals surface area contributed by atoms with Gasteiger partial charge in [0.1, 0.15) is 11.5 Å². The zero-order chi connectivity index (χ0) is 26.9. The number of aromatic nitrogens is 5. The lowest BCUT2D eigenvalue weighted by Crippen LogP contribution is -2.16. The molecule has 2 aromatic carbocycles. The summed E-state index contributed by atoms with van der Waals surface area (Å²) in [6, 6.07) is 15.6. The van der Waals surface area contributed by atoms with Crippen molar-refractivity contribution in [1.29, 1.82) is 0 Å². The lowest BCUT2D eigenvalue weighted by atomic mass is 10.1. The minimum Gasteiger partial charge on any atom is -0.455 e. The van der Waals surface area contributed by atoms with Crippen molar-refractivity contribution in [3.63, 3.8) is 0 Å². The number of nitrogens with zero attached hydrogens (tertiary/aromatic N) is 6. The van der Waals surface area contributed by atoms with Crippen LogP contribution in [0.5, 0.6) is 11.5 Å². The van der Waals surface area contributed by atoms with Crippen LogP contribution < -0.4 is 10.1 Å². The Balaban J connectivity index is 1.50. The average Bonchev–Trinajstić information content (AvgIpc) is 3.33. The molecule has 0 radical (unpaired) electrons. The van der Waals surface area contributed by atoms with Gasteiger partial charge in [-0.05, 0) is 18.2 Å². The predicted octanol–water partition coefficient (Wildman–Crippen LogP) is 5.16. The molecule has 0 saturated heterocycles. The summed E-state index contributed by atoms with van der Waals surface area (Å²) >= 11 is 0. The van der Waals surface area contributed by atoms with Crippen molar-refractivity contribution in [3.8, 4) is 22.8 Å². The number of anilines is 1. The number of rotatable bonds is 6. The second kappa shape index (κ2) is 9.57. The number of pyridine rings is 1. The van der Waals surface area contributed by atoms with Gasteiger partial charge >= 0.3 is 6.18 Å². The number of hydrogen-bond acceptors (Lipinski definition) is 8. The van der Waals surface area contributed by atoms with Gasteiger partial charge in [-0.2, -0.15) is 22.7 Å². The zero-order valence-electron chi connectivity index (χ0n) is 19.0. The van der Waals surface area contributed by atoms with Crippen LogP contribution in [0.1, 0.15) is 16.3 Å². The van der Waals surface area contributed by atoms with E-state index in [1.165, 1.54) is 18.5 Å². The molecule has 3 heterocycles. The summed E-state index contributed by atoms with van der Waals surface area (Å²) in [6.45, 7) is 0. The van der Waals surface area contributed by atoms with Crippen LogP contribution in [0.3, 0.4) is 0 Å². The topological polar surface area (TPSA) is 137 Å². The molecule has 38 heavy (non-hydrogen) atoms. The van der Waals surface area contributed by atoms with Gasteiger partial charge in [0.25, 0.3) is 17.4 Å². The fraction of sp³-hybridized carbons (Fsp3) is 0.0417. The molecule has 0 fully saturated rings. The summed E-state index contributed by atoms with van der Waals surface area (Å²) in [5.74, 6) is -1.80.